The van der Waals surface area contributed by atoms with E-state index in [9.17, 15) is 19.8 Å². The second kappa shape index (κ2) is 30.0. The largest absolute Gasteiger partial charge is 0.491 e. The van der Waals surface area contributed by atoms with Crippen molar-refractivity contribution < 1.29 is 38.1 Å². The summed E-state index contributed by atoms with van der Waals surface area (Å²) in [6.45, 7) is 5.26. The van der Waals surface area contributed by atoms with Gasteiger partial charge in [0.05, 0.1) is 25.0 Å². The summed E-state index contributed by atoms with van der Waals surface area (Å²) in [6.07, 6.45) is 34.9. The smallest absolute Gasteiger partial charge is 0.308 e. The van der Waals surface area contributed by atoms with E-state index in [0.717, 1.165) is 38.5 Å². The number of benzene rings is 2. The highest BCUT2D eigenvalue weighted by atomic mass is 19.1. The zero-order valence-corrected chi connectivity index (χ0v) is 36.3. The third kappa shape index (κ3) is 18.0. The van der Waals surface area contributed by atoms with Crippen molar-refractivity contribution in [2.45, 2.75) is 205 Å². The summed E-state index contributed by atoms with van der Waals surface area (Å²) in [5, 5.41) is 20.1. The molecule has 1 aliphatic carbocycles. The molecule has 328 valence electrons. The Balaban J connectivity index is 1.40. The Morgan fingerprint density at radius 3 is 0.948 bits per heavy atom. The number of ether oxygens (including phenoxy) is 2. The molecule has 2 aromatic rings. The third-order valence-corrected chi connectivity index (χ3v) is 12.3. The van der Waals surface area contributed by atoms with Crippen LogP contribution >= 0.6 is 0 Å². The summed E-state index contributed by atoms with van der Waals surface area (Å²) in [5.74, 6) is -7.91. The highest BCUT2D eigenvalue weighted by molar-refractivity contribution is 5.85. The molecule has 0 heterocycles. The minimum Gasteiger partial charge on any atom is -0.491 e. The van der Waals surface area contributed by atoms with E-state index in [2.05, 4.69) is 13.8 Å². The van der Waals surface area contributed by atoms with Crippen LogP contribution in [0.1, 0.15) is 217 Å². The van der Waals surface area contributed by atoms with Crippen molar-refractivity contribution in [2.75, 3.05) is 13.2 Å². The van der Waals surface area contributed by atoms with Gasteiger partial charge in [-0.3, -0.25) is 9.59 Å². The van der Waals surface area contributed by atoms with Crippen LogP contribution in [0.15, 0.2) is 36.4 Å². The summed E-state index contributed by atoms with van der Waals surface area (Å²) in [5.41, 5.74) is 0.713. The molecule has 0 radical (unpaired) electrons. The van der Waals surface area contributed by atoms with E-state index in [0.29, 0.717) is 24.3 Å². The van der Waals surface area contributed by atoms with Crippen molar-refractivity contribution in [3.05, 3.63) is 59.2 Å². The average molecular weight is 813 g/mol. The maximum Gasteiger partial charge on any atom is 0.308 e. The Kier molecular flexibility index (Phi) is 25.4. The molecule has 2 N–H and O–H groups in total. The van der Waals surface area contributed by atoms with Crippen LogP contribution in [0, 0.1) is 23.5 Å². The molecule has 6 nitrogen and oxygen atoms in total. The van der Waals surface area contributed by atoms with Gasteiger partial charge < -0.3 is 19.7 Å². The van der Waals surface area contributed by atoms with Gasteiger partial charge in [0.25, 0.3) is 0 Å². The third-order valence-electron chi connectivity index (χ3n) is 12.3. The summed E-state index contributed by atoms with van der Waals surface area (Å²) in [7, 11) is 0. The maximum absolute atomic E-state index is 15.3. The van der Waals surface area contributed by atoms with E-state index in [1.54, 1.807) is 12.1 Å². The molecule has 0 amide bonds. The van der Waals surface area contributed by atoms with Gasteiger partial charge in [-0.15, -0.1) is 0 Å². The summed E-state index contributed by atoms with van der Waals surface area (Å²) in [4.78, 5) is 24.7. The van der Waals surface area contributed by atoms with Crippen molar-refractivity contribution in [1.29, 1.82) is 0 Å². The van der Waals surface area contributed by atoms with Crippen LogP contribution < -0.4 is 9.47 Å². The topological polar surface area (TPSA) is 93.1 Å². The molecule has 3 rings (SSSR count). The predicted molar refractivity (Wildman–Crippen MR) is 232 cm³/mol. The fourth-order valence-electron chi connectivity index (χ4n) is 8.83. The lowest BCUT2D eigenvalue weighted by atomic mass is 9.52. The molecule has 1 fully saturated rings. The van der Waals surface area contributed by atoms with Crippen LogP contribution in [0.4, 0.5) is 8.78 Å². The van der Waals surface area contributed by atoms with Gasteiger partial charge in [-0.25, -0.2) is 8.78 Å². The number of aliphatic carboxylic acids is 2. The SMILES string of the molecule is CCCCCCCCCCCCCCCCOc1ccc([C@@H]2[C@@H](C(=O)O)[C@@H](C(=O)O)[C@@H]2c2ccc(OCCCCCCCCCCCCCCCC)c(F)c2)cc1F. The van der Waals surface area contributed by atoms with E-state index in [1.807, 2.05) is 0 Å². The van der Waals surface area contributed by atoms with Gasteiger partial charge in [0.1, 0.15) is 0 Å². The fraction of sp³-hybridized carbons (Fsp3) is 0.720. The van der Waals surface area contributed by atoms with E-state index >= 15 is 8.78 Å². The standard InChI is InChI=1S/C50H78F2O6/c1-3-5-7-9-11-13-15-17-19-21-23-25-27-29-35-57-43-33-31-39(37-41(43)51)45-46(48(50(55)56)47(45)49(53)54)40-32-34-44(42(52)38-40)58-36-30-28-26-24-22-20-18-16-14-12-10-8-6-4-2/h31-34,37-38,45-48H,3-30,35-36H2,1-2H3,(H,53,54)(H,55,56)/t45-,46+,47+,48-. The number of rotatable bonds is 36. The normalized spacial score (nSPS) is 17.6. The molecule has 1 saturated carbocycles. The Bertz CT molecular complexity index is 1310. The van der Waals surface area contributed by atoms with Gasteiger partial charge in [-0.05, 0) is 48.2 Å². The number of carboxylic acid groups (broad SMARTS) is 2. The molecular formula is C50H78F2O6. The average Bonchev–Trinajstić information content (AvgIpc) is 3.18. The van der Waals surface area contributed by atoms with Gasteiger partial charge in [0, 0.05) is 11.8 Å². The quantitative estimate of drug-likeness (QED) is 0.0666. The zero-order valence-electron chi connectivity index (χ0n) is 36.3. The second-order valence-corrected chi connectivity index (χ2v) is 17.0. The van der Waals surface area contributed by atoms with Crippen LogP contribution in [0.5, 0.6) is 11.5 Å². The molecule has 0 saturated heterocycles. The Morgan fingerprint density at radius 2 is 0.707 bits per heavy atom. The molecule has 4 atom stereocenters. The van der Waals surface area contributed by atoms with Gasteiger partial charge in [-0.2, -0.15) is 0 Å². The Morgan fingerprint density at radius 1 is 0.448 bits per heavy atom. The maximum atomic E-state index is 15.3. The molecule has 8 heteroatoms. The summed E-state index contributed by atoms with van der Waals surface area (Å²) in [6, 6.07) is 8.70. The lowest BCUT2D eigenvalue weighted by molar-refractivity contribution is -0.164. The number of hydrogen-bond donors (Lipinski definition) is 2. The molecule has 0 aliphatic heterocycles. The first kappa shape index (κ1) is 49.2. The van der Waals surface area contributed by atoms with E-state index in [-0.39, 0.29) is 11.5 Å². The van der Waals surface area contributed by atoms with Crippen molar-refractivity contribution in [1.82, 2.24) is 0 Å². The van der Waals surface area contributed by atoms with Crippen molar-refractivity contribution in [3.63, 3.8) is 0 Å². The van der Waals surface area contributed by atoms with Crippen LogP contribution in [0.25, 0.3) is 0 Å². The van der Waals surface area contributed by atoms with Crippen LogP contribution in [0.2, 0.25) is 0 Å². The summed E-state index contributed by atoms with van der Waals surface area (Å²) < 4.78 is 42.2. The molecule has 58 heavy (non-hydrogen) atoms. The minimum absolute atomic E-state index is 0.0855. The first-order chi connectivity index (χ1) is 28.3. The van der Waals surface area contributed by atoms with Crippen LogP contribution in [0.3, 0.4) is 0 Å². The highest BCUT2D eigenvalue weighted by Gasteiger charge is 2.59. The van der Waals surface area contributed by atoms with Crippen molar-refractivity contribution in [2.24, 2.45) is 11.8 Å². The number of unbranched alkanes of at least 4 members (excludes halogenated alkanes) is 26. The number of carbonyl (C=O) groups is 2. The Labute approximate surface area is 350 Å². The number of carboxylic acids is 2. The van der Waals surface area contributed by atoms with Crippen LogP contribution in [-0.4, -0.2) is 35.4 Å². The van der Waals surface area contributed by atoms with Gasteiger partial charge in [0.15, 0.2) is 23.1 Å². The van der Waals surface area contributed by atoms with Gasteiger partial charge in [-0.1, -0.05) is 193 Å². The van der Waals surface area contributed by atoms with Gasteiger partial charge in [0.2, 0.25) is 0 Å². The molecule has 0 aromatic heterocycles. The van der Waals surface area contributed by atoms with Crippen molar-refractivity contribution in [3.8, 4) is 11.5 Å². The lowest BCUT2D eigenvalue weighted by Gasteiger charge is -2.48. The summed E-state index contributed by atoms with van der Waals surface area (Å²) >= 11 is 0. The van der Waals surface area contributed by atoms with Gasteiger partial charge >= 0.3 is 11.9 Å². The molecule has 0 bridgehead atoms. The monoisotopic (exact) mass is 813 g/mol. The van der Waals surface area contributed by atoms with E-state index < -0.39 is 47.2 Å². The highest BCUT2D eigenvalue weighted by Crippen LogP contribution is 2.58. The number of halogens is 2. The predicted octanol–water partition coefficient (Wildman–Crippen LogP) is 15.0. The van der Waals surface area contributed by atoms with E-state index in [1.165, 1.54) is 166 Å². The molecule has 1 aliphatic rings. The van der Waals surface area contributed by atoms with Crippen LogP contribution in [-0.2, 0) is 9.59 Å². The fourth-order valence-corrected chi connectivity index (χ4v) is 8.83. The molecule has 0 spiro atoms. The lowest BCUT2D eigenvalue weighted by Crippen LogP contribution is -2.51. The Hall–Kier alpha value is -3.16. The first-order valence-corrected chi connectivity index (χ1v) is 23.6. The molecular weight excluding hydrogens is 735 g/mol. The first-order valence-electron chi connectivity index (χ1n) is 23.6. The molecule has 2 aromatic carbocycles. The molecule has 0 unspecified atom stereocenters. The second-order valence-electron chi connectivity index (χ2n) is 17.0. The number of hydrogen-bond acceptors (Lipinski definition) is 4. The van der Waals surface area contributed by atoms with Crippen molar-refractivity contribution >= 4 is 11.9 Å². The zero-order chi connectivity index (χ0) is 41.8. The van der Waals surface area contributed by atoms with E-state index in [4.69, 9.17) is 9.47 Å². The minimum atomic E-state index is -1.29.